The molecule has 0 amide bonds. The first-order valence-electron chi connectivity index (χ1n) is 21.9. The highest BCUT2D eigenvalue weighted by Crippen LogP contribution is 2.77. The molecule has 4 fully saturated rings. The van der Waals surface area contributed by atoms with Crippen LogP contribution in [0.15, 0.2) is 35.4 Å². The lowest BCUT2D eigenvalue weighted by Crippen LogP contribution is -2.65. The average molecular weight is 778 g/mol. The van der Waals surface area contributed by atoms with E-state index in [-0.39, 0.29) is 57.5 Å². The monoisotopic (exact) mass is 777 g/mol. The molecule has 0 saturated heterocycles. The molecular weight excluding hydrogens is 704 g/mol. The molecule has 0 radical (unpaired) electrons. The van der Waals surface area contributed by atoms with Crippen molar-refractivity contribution >= 4 is 29.3 Å². The summed E-state index contributed by atoms with van der Waals surface area (Å²) in [6.07, 6.45) is 13.9. The van der Waals surface area contributed by atoms with E-state index >= 15 is 0 Å². The van der Waals surface area contributed by atoms with Gasteiger partial charge in [0.1, 0.15) is 11.7 Å². The number of benzene rings is 1. The van der Waals surface area contributed by atoms with Crippen LogP contribution < -0.4 is 0 Å². The van der Waals surface area contributed by atoms with Crippen molar-refractivity contribution in [2.45, 2.75) is 185 Å². The fraction of sp³-hybridized carbons (Fsp3) is 0.776. The third-order valence-electron chi connectivity index (χ3n) is 16.6. The maximum absolute atomic E-state index is 14.1. The van der Waals surface area contributed by atoms with Crippen molar-refractivity contribution in [2.24, 2.45) is 56.2 Å². The fourth-order valence-electron chi connectivity index (χ4n) is 13.7. The van der Waals surface area contributed by atoms with E-state index in [2.05, 4.69) is 60.6 Å². The Labute approximate surface area is 338 Å². The molecule has 0 aromatic heterocycles. The Morgan fingerprint density at radius 1 is 0.836 bits per heavy atom. The molecule has 1 aromatic rings. The lowest BCUT2D eigenvalue weighted by Gasteiger charge is -2.72. The Morgan fingerprint density at radius 2 is 1.51 bits per heavy atom. The number of fused-ring (bicyclic) bond motifs is 7. The Balaban J connectivity index is 1.20. The number of Topliss-reactive ketones (excluding diaryl/α,β-unsaturated/α-hetero) is 1. The minimum Gasteiger partial charge on any atom is -0.462 e. The standard InChI is InChI=1S/C49H73ClO5/c1-31(2)40-35(51)29-49(24-14-13-15-32-16-18-33(50)19-17-32)28-27-47(11)34(41(40)49)20-21-37-46(10)25-23-38(45(8,9)36(46)22-26-48(37,47)12)54-39(52)30-44(6,7)42(53)55-43(3,4)5/h16-19,31,34,36-38H,13-15,20-30H2,1-12H3/t34-,36+,37-,38+,46+,47-,48-,49+/m1/s1. The molecule has 8 atom stereocenters. The van der Waals surface area contributed by atoms with Gasteiger partial charge in [0.25, 0.3) is 0 Å². The maximum atomic E-state index is 14.1. The van der Waals surface area contributed by atoms with Crippen LogP contribution in [0, 0.1) is 56.2 Å². The SMILES string of the molecule is CC(C)C1=C2[C@H]3CC[C@@H]4[C@@]5(C)CC[C@H](OC(=O)CC(C)(C)C(=O)OC(C)(C)C)C(C)(C)[C@@H]5CC[C@@]4(C)[C@]3(C)CC[C@@]2(CCCCc2ccc(Cl)cc2)CC1=O. The molecule has 6 heteroatoms. The zero-order valence-electron chi connectivity index (χ0n) is 36.5. The molecule has 0 bridgehead atoms. The van der Waals surface area contributed by atoms with Gasteiger partial charge in [-0.2, -0.15) is 0 Å². The first-order chi connectivity index (χ1) is 25.4. The number of carbonyl (C=O) groups is 3. The number of carbonyl (C=O) groups excluding carboxylic acids is 3. The molecule has 0 spiro atoms. The van der Waals surface area contributed by atoms with E-state index in [1.165, 1.54) is 36.8 Å². The van der Waals surface area contributed by atoms with Crippen LogP contribution in [0.2, 0.25) is 5.02 Å². The van der Waals surface area contributed by atoms with Crippen molar-refractivity contribution in [3.05, 3.63) is 46.0 Å². The lowest BCUT2D eigenvalue weighted by atomic mass is 9.33. The molecule has 0 N–H and O–H groups in total. The van der Waals surface area contributed by atoms with Crippen molar-refractivity contribution in [1.29, 1.82) is 0 Å². The summed E-state index contributed by atoms with van der Waals surface area (Å²) >= 11 is 6.16. The van der Waals surface area contributed by atoms with Crippen molar-refractivity contribution in [1.82, 2.24) is 0 Å². The number of rotatable bonds is 10. The molecule has 0 aliphatic heterocycles. The second-order valence-electron chi connectivity index (χ2n) is 22.2. The average Bonchev–Trinajstić information content (AvgIpc) is 3.37. The van der Waals surface area contributed by atoms with E-state index in [0.29, 0.717) is 30.0 Å². The highest BCUT2D eigenvalue weighted by atomic mass is 35.5. The molecule has 306 valence electrons. The summed E-state index contributed by atoms with van der Waals surface area (Å²) < 4.78 is 12.0. The number of ketones is 1. The van der Waals surface area contributed by atoms with Gasteiger partial charge in [0.05, 0.1) is 11.8 Å². The topological polar surface area (TPSA) is 69.7 Å². The summed E-state index contributed by atoms with van der Waals surface area (Å²) in [6.45, 7) is 26.2. The summed E-state index contributed by atoms with van der Waals surface area (Å²) in [5, 5.41) is 0.786. The van der Waals surface area contributed by atoms with Gasteiger partial charge in [0, 0.05) is 16.9 Å². The molecule has 5 aliphatic carbocycles. The first-order valence-corrected chi connectivity index (χ1v) is 22.2. The summed E-state index contributed by atoms with van der Waals surface area (Å²) in [4.78, 5) is 40.5. The van der Waals surface area contributed by atoms with Crippen LogP contribution in [0.1, 0.15) is 172 Å². The van der Waals surface area contributed by atoms with Crippen LogP contribution >= 0.6 is 11.6 Å². The van der Waals surface area contributed by atoms with Gasteiger partial charge in [-0.1, -0.05) is 84.2 Å². The third-order valence-corrected chi connectivity index (χ3v) is 16.9. The van der Waals surface area contributed by atoms with Crippen LogP contribution in [-0.2, 0) is 30.3 Å². The number of aryl methyl sites for hydroxylation is 1. The Bertz CT molecular complexity index is 1680. The van der Waals surface area contributed by atoms with E-state index in [1.807, 2.05) is 32.9 Å². The van der Waals surface area contributed by atoms with Crippen LogP contribution in [0.5, 0.6) is 0 Å². The fourth-order valence-corrected chi connectivity index (χ4v) is 13.9. The van der Waals surface area contributed by atoms with Gasteiger partial charge in [-0.05, 0) is 174 Å². The molecule has 5 nitrogen and oxygen atoms in total. The molecule has 6 rings (SSSR count). The first kappa shape index (κ1) is 42.5. The smallest absolute Gasteiger partial charge is 0.312 e. The number of unbranched alkanes of at least 4 members (excludes halogenated alkanes) is 1. The predicted octanol–water partition coefficient (Wildman–Crippen LogP) is 12.7. The van der Waals surface area contributed by atoms with Gasteiger partial charge >= 0.3 is 11.9 Å². The van der Waals surface area contributed by atoms with Crippen LogP contribution in [0.4, 0.5) is 0 Å². The molecule has 4 saturated carbocycles. The van der Waals surface area contributed by atoms with E-state index < -0.39 is 11.0 Å². The van der Waals surface area contributed by atoms with Crippen LogP contribution in [0.3, 0.4) is 0 Å². The summed E-state index contributed by atoms with van der Waals surface area (Å²) in [7, 11) is 0. The Hall–Kier alpha value is -2.14. The number of ether oxygens (including phenoxy) is 2. The molecule has 1 aromatic carbocycles. The van der Waals surface area contributed by atoms with Crippen molar-refractivity contribution in [3.8, 4) is 0 Å². The molecule has 0 unspecified atom stereocenters. The normalized spacial score (nSPS) is 35.8. The number of allylic oxidation sites excluding steroid dienone is 2. The number of hydrogen-bond acceptors (Lipinski definition) is 5. The van der Waals surface area contributed by atoms with Crippen molar-refractivity contribution in [2.75, 3.05) is 0 Å². The largest absolute Gasteiger partial charge is 0.462 e. The van der Waals surface area contributed by atoms with Gasteiger partial charge in [0.2, 0.25) is 0 Å². The zero-order valence-corrected chi connectivity index (χ0v) is 37.3. The van der Waals surface area contributed by atoms with E-state index in [0.717, 1.165) is 56.4 Å². The number of halogens is 1. The quantitative estimate of drug-likeness (QED) is 0.175. The highest BCUT2D eigenvalue weighted by molar-refractivity contribution is 6.30. The summed E-state index contributed by atoms with van der Waals surface area (Å²) in [6, 6.07) is 8.29. The second-order valence-corrected chi connectivity index (χ2v) is 22.6. The van der Waals surface area contributed by atoms with Gasteiger partial charge < -0.3 is 9.47 Å². The molecule has 0 heterocycles. The van der Waals surface area contributed by atoms with Crippen molar-refractivity contribution < 1.29 is 23.9 Å². The minimum absolute atomic E-state index is 0.0113. The lowest BCUT2D eigenvalue weighted by molar-refractivity contribution is -0.233. The molecular formula is C49H73ClO5. The van der Waals surface area contributed by atoms with Gasteiger partial charge in [0.15, 0.2) is 5.78 Å². The Morgan fingerprint density at radius 3 is 2.15 bits per heavy atom. The summed E-state index contributed by atoms with van der Waals surface area (Å²) in [5.41, 5.74) is 2.83. The van der Waals surface area contributed by atoms with E-state index in [1.54, 1.807) is 19.4 Å². The Kier molecular flexibility index (Phi) is 11.3. The minimum atomic E-state index is -0.956. The number of esters is 2. The highest BCUT2D eigenvalue weighted by Gasteiger charge is 2.70. The van der Waals surface area contributed by atoms with Gasteiger partial charge in [-0.3, -0.25) is 14.4 Å². The van der Waals surface area contributed by atoms with E-state index in [4.69, 9.17) is 21.1 Å². The number of hydrogen-bond donors (Lipinski definition) is 0. The maximum Gasteiger partial charge on any atom is 0.312 e. The van der Waals surface area contributed by atoms with Gasteiger partial charge in [-0.15, -0.1) is 0 Å². The van der Waals surface area contributed by atoms with Crippen LogP contribution in [-0.4, -0.2) is 29.4 Å². The second kappa shape index (κ2) is 14.6. The van der Waals surface area contributed by atoms with Crippen molar-refractivity contribution in [3.63, 3.8) is 0 Å². The summed E-state index contributed by atoms with van der Waals surface area (Å²) in [5.74, 6) is 1.49. The van der Waals surface area contributed by atoms with E-state index in [9.17, 15) is 14.4 Å². The zero-order chi connectivity index (χ0) is 40.6. The third kappa shape index (κ3) is 7.41. The van der Waals surface area contributed by atoms with Gasteiger partial charge in [-0.25, -0.2) is 0 Å². The molecule has 55 heavy (non-hydrogen) atoms. The van der Waals surface area contributed by atoms with Crippen LogP contribution in [0.25, 0.3) is 0 Å². The molecule has 5 aliphatic rings. The predicted molar refractivity (Wildman–Crippen MR) is 223 cm³/mol.